The molecule has 2 aromatic rings. The van der Waals surface area contributed by atoms with Gasteiger partial charge in [0.15, 0.2) is 11.6 Å². The molecule has 1 amide bonds. The number of aliphatic hydroxyl groups excluding tert-OH is 1. The number of hydrogen-bond acceptors (Lipinski definition) is 3. The molecule has 6 heteroatoms. The molecule has 1 N–H and O–H groups in total. The van der Waals surface area contributed by atoms with Gasteiger partial charge in [-0.1, -0.05) is 18.2 Å². The molecule has 3 rings (SSSR count). The van der Waals surface area contributed by atoms with Crippen LogP contribution in [0.25, 0.3) is 0 Å². The number of likely N-dealkylation sites (tertiary alicyclic amines) is 1. The van der Waals surface area contributed by atoms with Crippen molar-refractivity contribution in [1.29, 1.82) is 0 Å². The SMILES string of the molecule is COc1cccc([C@@H]2C[C@H](O)CN2C(=O)Cc2ccc(F)c(F)c2)c1. The summed E-state index contributed by atoms with van der Waals surface area (Å²) >= 11 is 0. The summed E-state index contributed by atoms with van der Waals surface area (Å²) in [5, 5.41) is 10.0. The zero-order valence-corrected chi connectivity index (χ0v) is 13.8. The quantitative estimate of drug-likeness (QED) is 0.925. The molecule has 0 aliphatic carbocycles. The minimum absolute atomic E-state index is 0.0512. The van der Waals surface area contributed by atoms with Gasteiger partial charge in [-0.05, 0) is 41.8 Å². The average molecular weight is 347 g/mol. The lowest BCUT2D eigenvalue weighted by atomic mass is 10.0. The van der Waals surface area contributed by atoms with E-state index in [4.69, 9.17) is 4.74 Å². The van der Waals surface area contributed by atoms with E-state index in [0.717, 1.165) is 17.7 Å². The first-order valence-corrected chi connectivity index (χ1v) is 8.03. The van der Waals surface area contributed by atoms with Gasteiger partial charge in [-0.15, -0.1) is 0 Å². The highest BCUT2D eigenvalue weighted by Gasteiger charge is 2.35. The molecule has 0 bridgehead atoms. The molecule has 0 aromatic heterocycles. The topological polar surface area (TPSA) is 49.8 Å². The molecule has 0 spiro atoms. The second-order valence-electron chi connectivity index (χ2n) is 6.15. The molecule has 0 saturated carbocycles. The first-order valence-electron chi connectivity index (χ1n) is 8.03. The lowest BCUT2D eigenvalue weighted by Gasteiger charge is -2.25. The van der Waals surface area contributed by atoms with Crippen LogP contribution in [0.1, 0.15) is 23.6 Å². The molecule has 0 unspecified atom stereocenters. The van der Waals surface area contributed by atoms with Crippen molar-refractivity contribution in [2.45, 2.75) is 25.0 Å². The number of amides is 1. The largest absolute Gasteiger partial charge is 0.497 e. The molecular formula is C19H19F2NO3. The van der Waals surface area contributed by atoms with Gasteiger partial charge in [-0.3, -0.25) is 4.79 Å². The van der Waals surface area contributed by atoms with Crippen molar-refractivity contribution < 1.29 is 23.4 Å². The molecule has 2 atom stereocenters. The summed E-state index contributed by atoms with van der Waals surface area (Å²) in [6.45, 7) is 0.213. The number of methoxy groups -OCH3 is 1. The van der Waals surface area contributed by atoms with Crippen LogP contribution in [0.3, 0.4) is 0 Å². The van der Waals surface area contributed by atoms with E-state index in [9.17, 15) is 18.7 Å². The molecule has 1 saturated heterocycles. The average Bonchev–Trinajstić information content (AvgIpc) is 3.00. The summed E-state index contributed by atoms with van der Waals surface area (Å²) in [4.78, 5) is 14.2. The molecule has 1 aliphatic heterocycles. The van der Waals surface area contributed by atoms with Gasteiger partial charge >= 0.3 is 0 Å². The first-order chi connectivity index (χ1) is 12.0. The molecule has 2 aromatic carbocycles. The van der Waals surface area contributed by atoms with Crippen LogP contribution in [-0.4, -0.2) is 35.7 Å². The van der Waals surface area contributed by atoms with Crippen molar-refractivity contribution in [3.05, 3.63) is 65.2 Å². The maximum atomic E-state index is 13.3. The van der Waals surface area contributed by atoms with E-state index in [1.807, 2.05) is 24.3 Å². The van der Waals surface area contributed by atoms with Gasteiger partial charge in [-0.2, -0.15) is 0 Å². The Kier molecular flexibility index (Phi) is 4.99. The number of halogens is 2. The Morgan fingerprint density at radius 2 is 2.04 bits per heavy atom. The van der Waals surface area contributed by atoms with Crippen molar-refractivity contribution in [2.24, 2.45) is 0 Å². The molecular weight excluding hydrogens is 328 g/mol. The second-order valence-corrected chi connectivity index (χ2v) is 6.15. The summed E-state index contributed by atoms with van der Waals surface area (Å²) in [6, 6.07) is 10.5. The van der Waals surface area contributed by atoms with Crippen molar-refractivity contribution in [3.63, 3.8) is 0 Å². The Balaban J connectivity index is 1.80. The number of carbonyl (C=O) groups excluding carboxylic acids is 1. The predicted molar refractivity (Wildman–Crippen MR) is 88.1 cm³/mol. The number of carbonyl (C=O) groups is 1. The van der Waals surface area contributed by atoms with Crippen LogP contribution in [0.15, 0.2) is 42.5 Å². The highest BCUT2D eigenvalue weighted by molar-refractivity contribution is 5.79. The summed E-state index contributed by atoms with van der Waals surface area (Å²) in [5.41, 5.74) is 1.27. The van der Waals surface area contributed by atoms with Crippen LogP contribution >= 0.6 is 0 Å². The predicted octanol–water partition coefficient (Wildman–Crippen LogP) is 2.85. The third kappa shape index (κ3) is 3.79. The zero-order valence-electron chi connectivity index (χ0n) is 13.8. The molecule has 25 heavy (non-hydrogen) atoms. The number of rotatable bonds is 4. The van der Waals surface area contributed by atoms with Crippen molar-refractivity contribution >= 4 is 5.91 Å². The van der Waals surface area contributed by atoms with Gasteiger partial charge in [0, 0.05) is 6.54 Å². The van der Waals surface area contributed by atoms with Crippen LogP contribution in [-0.2, 0) is 11.2 Å². The Morgan fingerprint density at radius 1 is 1.24 bits per heavy atom. The van der Waals surface area contributed by atoms with Gasteiger partial charge in [0.2, 0.25) is 5.91 Å². The second kappa shape index (κ2) is 7.19. The Labute approximate surface area is 144 Å². The van der Waals surface area contributed by atoms with Gasteiger partial charge < -0.3 is 14.7 Å². The fourth-order valence-corrected chi connectivity index (χ4v) is 3.18. The van der Waals surface area contributed by atoms with Gasteiger partial charge in [0.05, 0.1) is 25.7 Å². The van der Waals surface area contributed by atoms with Crippen LogP contribution in [0.4, 0.5) is 8.78 Å². The minimum Gasteiger partial charge on any atom is -0.497 e. The van der Waals surface area contributed by atoms with E-state index in [1.54, 1.807) is 12.0 Å². The molecule has 0 radical (unpaired) electrons. The van der Waals surface area contributed by atoms with Crippen molar-refractivity contribution in [2.75, 3.05) is 13.7 Å². The Morgan fingerprint density at radius 3 is 2.76 bits per heavy atom. The number of nitrogens with zero attached hydrogens (tertiary/aromatic N) is 1. The van der Waals surface area contributed by atoms with Crippen molar-refractivity contribution in [3.8, 4) is 5.75 Å². The third-order valence-electron chi connectivity index (χ3n) is 4.42. The summed E-state index contributed by atoms with van der Waals surface area (Å²) in [5.74, 6) is -1.49. The third-order valence-corrected chi connectivity index (χ3v) is 4.42. The number of ether oxygens (including phenoxy) is 1. The monoisotopic (exact) mass is 347 g/mol. The lowest BCUT2D eigenvalue weighted by Crippen LogP contribution is -2.33. The van der Waals surface area contributed by atoms with Crippen LogP contribution in [0, 0.1) is 11.6 Å². The van der Waals surface area contributed by atoms with E-state index in [-0.39, 0.29) is 24.9 Å². The van der Waals surface area contributed by atoms with E-state index in [0.29, 0.717) is 17.7 Å². The Bertz CT molecular complexity index is 781. The minimum atomic E-state index is -0.976. The summed E-state index contributed by atoms with van der Waals surface area (Å²) in [6.07, 6.45) is -0.244. The molecule has 132 valence electrons. The number of β-amino-alcohol motifs (C(OH)–C–C–N with tert-alkyl or cyclic N) is 1. The summed E-state index contributed by atoms with van der Waals surface area (Å²) < 4.78 is 31.6. The standard InChI is InChI=1S/C19H19F2NO3/c1-25-15-4-2-3-13(9-15)18-10-14(23)11-22(18)19(24)8-12-5-6-16(20)17(21)7-12/h2-7,9,14,18,23H,8,10-11H2,1H3/t14-,18-/m0/s1. The number of hydrogen-bond donors (Lipinski definition) is 1. The summed E-state index contributed by atoms with van der Waals surface area (Å²) in [7, 11) is 1.56. The molecule has 4 nitrogen and oxygen atoms in total. The Hall–Kier alpha value is -2.47. The maximum absolute atomic E-state index is 13.3. The lowest BCUT2D eigenvalue weighted by molar-refractivity contribution is -0.131. The molecule has 1 aliphatic rings. The number of aliphatic hydroxyl groups is 1. The first kappa shape index (κ1) is 17.4. The molecule has 1 heterocycles. The van der Waals surface area contributed by atoms with E-state index < -0.39 is 17.7 Å². The van der Waals surface area contributed by atoms with E-state index in [2.05, 4.69) is 0 Å². The van der Waals surface area contributed by atoms with Crippen LogP contribution in [0.2, 0.25) is 0 Å². The van der Waals surface area contributed by atoms with Gasteiger partial charge in [-0.25, -0.2) is 8.78 Å². The molecule has 1 fully saturated rings. The van der Waals surface area contributed by atoms with Gasteiger partial charge in [0.1, 0.15) is 5.75 Å². The normalized spacial score (nSPS) is 19.9. The van der Waals surface area contributed by atoms with E-state index in [1.165, 1.54) is 6.07 Å². The van der Waals surface area contributed by atoms with Crippen LogP contribution in [0.5, 0.6) is 5.75 Å². The highest BCUT2D eigenvalue weighted by atomic mass is 19.2. The fourth-order valence-electron chi connectivity index (χ4n) is 3.18. The fraction of sp³-hybridized carbons (Fsp3) is 0.316. The van der Waals surface area contributed by atoms with Crippen LogP contribution < -0.4 is 4.74 Å². The number of benzene rings is 2. The zero-order chi connectivity index (χ0) is 18.0. The smallest absolute Gasteiger partial charge is 0.227 e. The van der Waals surface area contributed by atoms with Crippen molar-refractivity contribution in [1.82, 2.24) is 4.90 Å². The van der Waals surface area contributed by atoms with E-state index >= 15 is 0 Å². The highest BCUT2D eigenvalue weighted by Crippen LogP contribution is 2.34. The maximum Gasteiger partial charge on any atom is 0.227 e. The van der Waals surface area contributed by atoms with Gasteiger partial charge in [0.25, 0.3) is 0 Å².